The van der Waals surface area contributed by atoms with E-state index in [-0.39, 0.29) is 17.2 Å². The van der Waals surface area contributed by atoms with Crippen LogP contribution in [0.5, 0.6) is 17.2 Å². The van der Waals surface area contributed by atoms with Gasteiger partial charge in [-0.2, -0.15) is 0 Å². The van der Waals surface area contributed by atoms with Crippen LogP contribution in [0.1, 0.15) is 0 Å². The molecule has 0 amide bonds. The van der Waals surface area contributed by atoms with Gasteiger partial charge in [-0.15, -0.1) is 0 Å². The summed E-state index contributed by atoms with van der Waals surface area (Å²) in [6.45, 7) is 0. The second-order valence-electron chi connectivity index (χ2n) is 8.46. The molecule has 37 heavy (non-hydrogen) atoms. The van der Waals surface area contributed by atoms with Gasteiger partial charge in [0.05, 0.1) is 22.1 Å². The Morgan fingerprint density at radius 3 is 0.838 bits per heavy atom. The number of para-hydroxylation sites is 4. The third kappa shape index (κ3) is 5.74. The van der Waals surface area contributed by atoms with Crippen molar-refractivity contribution in [2.24, 2.45) is 0 Å². The summed E-state index contributed by atoms with van der Waals surface area (Å²) >= 11 is 0. The van der Waals surface area contributed by atoms with Gasteiger partial charge in [0.2, 0.25) is 0 Å². The highest BCUT2D eigenvalue weighted by Gasteiger charge is 1.98. The van der Waals surface area contributed by atoms with Crippen molar-refractivity contribution in [2.45, 2.75) is 0 Å². The maximum atomic E-state index is 8.67. The van der Waals surface area contributed by atoms with E-state index < -0.39 is 0 Å². The van der Waals surface area contributed by atoms with E-state index >= 15 is 0 Å². The third-order valence-electron chi connectivity index (χ3n) is 5.74. The summed E-state index contributed by atoms with van der Waals surface area (Å²) in [6, 6.07) is 40.5. The van der Waals surface area contributed by atoms with Crippen molar-refractivity contribution in [3.8, 4) is 17.2 Å². The molecule has 5 heteroatoms. The second kappa shape index (κ2) is 10.6. The first-order valence-electron chi connectivity index (χ1n) is 11.8. The SMILES string of the molecule is Oc1cc(O)cc(O)c1.c1ccc2nc3ccccc3cc2c1.c1ccc2nc3ccccc3cc2c1. The van der Waals surface area contributed by atoms with Crippen molar-refractivity contribution in [3.05, 3.63) is 127 Å². The van der Waals surface area contributed by atoms with E-state index in [0.717, 1.165) is 40.3 Å². The third-order valence-corrected chi connectivity index (χ3v) is 5.74. The highest BCUT2D eigenvalue weighted by molar-refractivity contribution is 5.93. The number of phenolic OH excluding ortho intramolecular Hbond substituents is 3. The number of fused-ring (bicyclic) bond motifs is 4. The van der Waals surface area contributed by atoms with Crippen molar-refractivity contribution in [3.63, 3.8) is 0 Å². The monoisotopic (exact) mass is 484 g/mol. The average Bonchev–Trinajstić information content (AvgIpc) is 2.90. The fourth-order valence-electron chi connectivity index (χ4n) is 4.02. The standard InChI is InChI=1S/2C13H9N.C6H6O3/c2*1-3-7-12-10(5-1)9-11-6-2-4-8-13(11)14-12;7-4-1-5(8)3-6(9)2-4/h2*1-9H;1-3,7-9H. The number of nitrogens with zero attached hydrogens (tertiary/aromatic N) is 2. The molecule has 0 bridgehead atoms. The van der Waals surface area contributed by atoms with Gasteiger partial charge < -0.3 is 15.3 Å². The zero-order chi connectivity index (χ0) is 25.6. The van der Waals surface area contributed by atoms with Crippen LogP contribution in [0, 0.1) is 0 Å². The molecule has 5 aromatic carbocycles. The van der Waals surface area contributed by atoms with Crippen molar-refractivity contribution in [1.82, 2.24) is 9.97 Å². The molecular formula is C32H24N2O3. The molecule has 0 atom stereocenters. The Balaban J connectivity index is 0.000000117. The number of aromatic nitrogens is 2. The molecule has 0 aliphatic rings. The first-order chi connectivity index (χ1) is 18.0. The molecule has 0 radical (unpaired) electrons. The van der Waals surface area contributed by atoms with Crippen LogP contribution in [-0.4, -0.2) is 25.3 Å². The van der Waals surface area contributed by atoms with Crippen LogP contribution in [0.3, 0.4) is 0 Å². The van der Waals surface area contributed by atoms with Gasteiger partial charge in [-0.05, 0) is 36.4 Å². The average molecular weight is 485 g/mol. The topological polar surface area (TPSA) is 86.5 Å². The van der Waals surface area contributed by atoms with Crippen LogP contribution in [0.15, 0.2) is 127 Å². The summed E-state index contributed by atoms with van der Waals surface area (Å²) in [6.07, 6.45) is 0. The predicted molar refractivity (Wildman–Crippen MR) is 150 cm³/mol. The first-order valence-corrected chi connectivity index (χ1v) is 11.8. The fraction of sp³-hybridized carbons (Fsp3) is 0. The maximum absolute atomic E-state index is 8.67. The molecule has 3 N–H and O–H groups in total. The van der Waals surface area contributed by atoms with E-state index in [4.69, 9.17) is 15.3 Å². The lowest BCUT2D eigenvalue weighted by atomic mass is 10.1. The Labute approximate surface area is 213 Å². The van der Waals surface area contributed by atoms with Crippen molar-refractivity contribution in [2.75, 3.05) is 0 Å². The molecule has 5 nitrogen and oxygen atoms in total. The molecule has 180 valence electrons. The highest BCUT2D eigenvalue weighted by Crippen LogP contribution is 2.24. The lowest BCUT2D eigenvalue weighted by molar-refractivity contribution is 0.428. The summed E-state index contributed by atoms with van der Waals surface area (Å²) in [5.41, 5.74) is 4.25. The molecule has 2 aromatic heterocycles. The zero-order valence-corrected chi connectivity index (χ0v) is 19.9. The van der Waals surface area contributed by atoms with Gasteiger partial charge in [0.15, 0.2) is 0 Å². The molecule has 0 aliphatic carbocycles. The molecular weight excluding hydrogens is 460 g/mol. The van der Waals surface area contributed by atoms with Crippen LogP contribution >= 0.6 is 0 Å². The Hall–Kier alpha value is -5.16. The largest absolute Gasteiger partial charge is 0.508 e. The number of rotatable bonds is 0. The van der Waals surface area contributed by atoms with Gasteiger partial charge >= 0.3 is 0 Å². The Bertz CT molecular complexity index is 1460. The van der Waals surface area contributed by atoms with E-state index in [2.05, 4.69) is 46.4 Å². The van der Waals surface area contributed by atoms with E-state index in [1.165, 1.54) is 21.5 Å². The molecule has 0 fully saturated rings. The maximum Gasteiger partial charge on any atom is 0.122 e. The Morgan fingerprint density at radius 1 is 0.324 bits per heavy atom. The molecule has 7 aromatic rings. The zero-order valence-electron chi connectivity index (χ0n) is 19.9. The summed E-state index contributed by atoms with van der Waals surface area (Å²) in [5.74, 6) is -0.437. The number of hydrogen-bond acceptors (Lipinski definition) is 5. The number of hydrogen-bond donors (Lipinski definition) is 3. The van der Waals surface area contributed by atoms with Crippen molar-refractivity contribution >= 4 is 43.6 Å². The van der Waals surface area contributed by atoms with Crippen LogP contribution in [0.25, 0.3) is 43.6 Å². The lowest BCUT2D eigenvalue weighted by Gasteiger charge is -1.99. The second-order valence-corrected chi connectivity index (χ2v) is 8.46. The lowest BCUT2D eigenvalue weighted by Crippen LogP contribution is -1.80. The summed E-state index contributed by atoms with van der Waals surface area (Å²) in [7, 11) is 0. The van der Waals surface area contributed by atoms with Crippen LogP contribution in [0.2, 0.25) is 0 Å². The Morgan fingerprint density at radius 2 is 0.568 bits per heavy atom. The van der Waals surface area contributed by atoms with Crippen molar-refractivity contribution < 1.29 is 15.3 Å². The van der Waals surface area contributed by atoms with Crippen LogP contribution < -0.4 is 0 Å². The molecule has 0 spiro atoms. The summed E-state index contributed by atoms with van der Waals surface area (Å²) in [5, 5.41) is 30.8. The van der Waals surface area contributed by atoms with Gasteiger partial charge in [0.1, 0.15) is 17.2 Å². The van der Waals surface area contributed by atoms with Gasteiger partial charge in [-0.25, -0.2) is 9.97 Å². The quantitative estimate of drug-likeness (QED) is 0.193. The van der Waals surface area contributed by atoms with E-state index in [9.17, 15) is 0 Å². The minimum atomic E-state index is -0.146. The molecule has 0 saturated carbocycles. The molecule has 0 unspecified atom stereocenters. The fourth-order valence-corrected chi connectivity index (χ4v) is 4.02. The van der Waals surface area contributed by atoms with Gasteiger partial charge in [-0.1, -0.05) is 72.8 Å². The Kier molecular flexibility index (Phi) is 6.77. The normalized spacial score (nSPS) is 10.5. The van der Waals surface area contributed by atoms with E-state index in [0.29, 0.717) is 0 Å². The molecule has 2 heterocycles. The number of aromatic hydroxyl groups is 3. The van der Waals surface area contributed by atoms with Gasteiger partial charge in [0, 0.05) is 39.7 Å². The first kappa shape index (κ1) is 23.6. The molecule has 0 saturated heterocycles. The minimum absolute atomic E-state index is 0.146. The van der Waals surface area contributed by atoms with Crippen LogP contribution in [-0.2, 0) is 0 Å². The van der Waals surface area contributed by atoms with Gasteiger partial charge in [-0.3, -0.25) is 0 Å². The summed E-state index contributed by atoms with van der Waals surface area (Å²) in [4.78, 5) is 9.16. The molecule has 0 aliphatic heterocycles. The van der Waals surface area contributed by atoms with Crippen LogP contribution in [0.4, 0.5) is 0 Å². The smallest absolute Gasteiger partial charge is 0.122 e. The highest BCUT2D eigenvalue weighted by atomic mass is 16.3. The van der Waals surface area contributed by atoms with Gasteiger partial charge in [0.25, 0.3) is 0 Å². The summed E-state index contributed by atoms with van der Waals surface area (Å²) < 4.78 is 0. The van der Waals surface area contributed by atoms with Crippen molar-refractivity contribution in [1.29, 1.82) is 0 Å². The van der Waals surface area contributed by atoms with E-state index in [1.807, 2.05) is 72.8 Å². The van der Waals surface area contributed by atoms with E-state index in [1.54, 1.807) is 0 Å². The minimum Gasteiger partial charge on any atom is -0.508 e. The predicted octanol–water partition coefficient (Wildman–Crippen LogP) is 7.58. The number of phenols is 3. The molecule has 7 rings (SSSR count). The number of benzene rings is 5. The number of pyridine rings is 2.